The summed E-state index contributed by atoms with van der Waals surface area (Å²) in [6.45, 7) is 0. The van der Waals surface area contributed by atoms with Gasteiger partial charge in [-0.1, -0.05) is 138 Å². The topological polar surface area (TPSA) is 108 Å². The first-order valence-electron chi connectivity index (χ1n) is 14.6. The quantitative estimate of drug-likeness (QED) is 0.305. The summed E-state index contributed by atoms with van der Waals surface area (Å²) in [7, 11) is -4.94. The summed E-state index contributed by atoms with van der Waals surface area (Å²) in [6.07, 6.45) is 14.4. The smallest absolute Gasteiger partial charge is 0.222 e. The minimum absolute atomic E-state index is 0.158. The average Bonchev–Trinajstić information content (AvgIpc) is 3.55. The van der Waals surface area contributed by atoms with E-state index in [1.807, 2.05) is 11.8 Å². The number of hydrogen-bond donors (Lipinski definition) is 0. The van der Waals surface area contributed by atoms with Crippen LogP contribution in [0.5, 0.6) is 0 Å². The van der Waals surface area contributed by atoms with Crippen LogP contribution in [0.3, 0.4) is 0 Å². The molecule has 0 saturated heterocycles. The second-order valence-corrected chi connectivity index (χ2v) is 12.5. The lowest BCUT2D eigenvalue weighted by molar-refractivity contribution is -2.00. The second-order valence-electron chi connectivity index (χ2n) is 10.6. The Labute approximate surface area is 274 Å². The molecule has 0 fully saturated rings. The van der Waals surface area contributed by atoms with Crippen LogP contribution in [-0.2, 0) is 0 Å². The lowest BCUT2D eigenvalue weighted by Crippen LogP contribution is -2.68. The number of benzene rings is 4. The van der Waals surface area contributed by atoms with E-state index >= 15 is 0 Å². The maximum Gasteiger partial charge on any atom is 0.232 e. The van der Waals surface area contributed by atoms with E-state index in [2.05, 4.69) is 162 Å². The normalized spacial score (nSPS) is 17.7. The molecular formula is C38H29ClN2O4S. The second kappa shape index (κ2) is 14.2. The Hall–Kier alpha value is -4.60. The van der Waals surface area contributed by atoms with Gasteiger partial charge in [0.05, 0.1) is 6.42 Å². The Balaban J connectivity index is 0.000000692. The molecule has 0 radical (unpaired) electrons. The van der Waals surface area contributed by atoms with Gasteiger partial charge < -0.3 is 0 Å². The van der Waals surface area contributed by atoms with E-state index in [1.54, 1.807) is 0 Å². The van der Waals surface area contributed by atoms with Crippen molar-refractivity contribution in [3.8, 4) is 0 Å². The van der Waals surface area contributed by atoms with Gasteiger partial charge in [0.15, 0.2) is 0 Å². The number of thioether (sulfide) groups is 1. The van der Waals surface area contributed by atoms with Crippen LogP contribution in [0.2, 0.25) is 0 Å². The maximum atomic E-state index is 8.49. The molecule has 1 aliphatic carbocycles. The summed E-state index contributed by atoms with van der Waals surface area (Å²) < 4.78 is 36.2. The molecule has 1 atom stereocenters. The van der Waals surface area contributed by atoms with E-state index in [4.69, 9.17) is 23.7 Å². The van der Waals surface area contributed by atoms with Crippen molar-refractivity contribution in [1.29, 1.82) is 0 Å². The molecule has 8 heteroatoms. The predicted octanol–water partition coefficient (Wildman–Crippen LogP) is 4.48. The molecule has 1 unspecified atom stereocenters. The van der Waals surface area contributed by atoms with E-state index in [0.717, 1.165) is 17.8 Å². The van der Waals surface area contributed by atoms with Gasteiger partial charge in [-0.05, 0) is 51.7 Å². The largest absolute Gasteiger partial charge is 0.232 e. The van der Waals surface area contributed by atoms with Crippen molar-refractivity contribution in [2.45, 2.75) is 12.5 Å². The number of hydrazone groups is 1. The van der Waals surface area contributed by atoms with Crippen LogP contribution in [0.4, 0.5) is 0 Å². The summed E-state index contributed by atoms with van der Waals surface area (Å²) in [4.78, 5) is 2.51. The van der Waals surface area contributed by atoms with Gasteiger partial charge in [0.2, 0.25) is 11.8 Å². The molecule has 2 aliphatic heterocycles. The lowest BCUT2D eigenvalue weighted by Gasteiger charge is -2.18. The molecule has 0 spiro atoms. The van der Waals surface area contributed by atoms with Crippen molar-refractivity contribution >= 4 is 33.0 Å². The van der Waals surface area contributed by atoms with Crippen LogP contribution < -0.4 is 18.6 Å². The highest BCUT2D eigenvalue weighted by Crippen LogP contribution is 2.44. The van der Waals surface area contributed by atoms with Crippen LogP contribution in [0.15, 0.2) is 174 Å². The zero-order valence-corrected chi connectivity index (χ0v) is 26.2. The van der Waals surface area contributed by atoms with Crippen LogP contribution in [0.1, 0.15) is 34.7 Å². The Morgan fingerprint density at radius 2 is 1.00 bits per heavy atom. The third kappa shape index (κ3) is 7.97. The Morgan fingerprint density at radius 1 is 0.565 bits per heavy atom. The Kier molecular flexibility index (Phi) is 9.71. The zero-order chi connectivity index (χ0) is 31.9. The van der Waals surface area contributed by atoms with Gasteiger partial charge in [-0.2, -0.15) is 0 Å². The monoisotopic (exact) mass is 644 g/mol. The first kappa shape index (κ1) is 31.4. The van der Waals surface area contributed by atoms with Gasteiger partial charge >= 0.3 is 0 Å². The van der Waals surface area contributed by atoms with Crippen molar-refractivity contribution in [2.24, 2.45) is 5.10 Å². The SMILES string of the molecule is C1=CC(=[N+]2N=C(c3ccccc3)CC2c2ccccc2)C=CC1=C1C=C(c2ccccc2)SC(c2ccccc2)=C1.[O-][Cl+3]([O-])([O-])[O-]. The van der Waals surface area contributed by atoms with E-state index < -0.39 is 10.2 Å². The van der Waals surface area contributed by atoms with Gasteiger partial charge in [0.1, 0.15) is 5.71 Å². The van der Waals surface area contributed by atoms with Gasteiger partial charge in [0, 0.05) is 33.1 Å². The Bertz CT molecular complexity index is 1830. The Morgan fingerprint density at radius 3 is 1.48 bits per heavy atom. The van der Waals surface area contributed by atoms with E-state index in [0.29, 0.717) is 0 Å². The van der Waals surface area contributed by atoms with Crippen LogP contribution in [0.25, 0.3) is 9.81 Å². The number of halogens is 1. The zero-order valence-electron chi connectivity index (χ0n) is 24.6. The van der Waals surface area contributed by atoms with Gasteiger partial charge in [0.25, 0.3) is 0 Å². The average molecular weight is 645 g/mol. The number of rotatable bonds is 4. The van der Waals surface area contributed by atoms with Crippen molar-refractivity contribution in [1.82, 2.24) is 0 Å². The van der Waals surface area contributed by atoms with Gasteiger partial charge in [-0.15, -0.1) is 10.2 Å². The summed E-state index contributed by atoms with van der Waals surface area (Å²) in [6, 6.07) is 42.7. The molecule has 0 amide bonds. The minimum Gasteiger partial charge on any atom is -0.222 e. The first-order valence-corrected chi connectivity index (χ1v) is 16.7. The van der Waals surface area contributed by atoms with Crippen molar-refractivity contribution in [3.05, 3.63) is 191 Å². The van der Waals surface area contributed by atoms with Crippen LogP contribution >= 0.6 is 11.8 Å². The summed E-state index contributed by atoms with van der Waals surface area (Å²) in [5, 5.41) is 5.15. The molecule has 7 rings (SSSR count). The first-order chi connectivity index (χ1) is 22.3. The highest BCUT2D eigenvalue weighted by Gasteiger charge is 2.36. The highest BCUT2D eigenvalue weighted by molar-refractivity contribution is 8.16. The fourth-order valence-corrected chi connectivity index (χ4v) is 6.57. The number of nitrogens with zero attached hydrogens (tertiary/aromatic N) is 2. The maximum absolute atomic E-state index is 8.49. The molecule has 4 aromatic rings. The fourth-order valence-electron chi connectivity index (χ4n) is 5.45. The summed E-state index contributed by atoms with van der Waals surface area (Å²) in [5.41, 5.74) is 9.54. The molecule has 0 bridgehead atoms. The van der Waals surface area contributed by atoms with Crippen LogP contribution in [-0.4, -0.2) is 16.1 Å². The van der Waals surface area contributed by atoms with Crippen molar-refractivity contribution in [2.75, 3.05) is 0 Å². The molecule has 2 heterocycles. The number of hydrogen-bond acceptors (Lipinski definition) is 6. The molecule has 3 aliphatic rings. The molecule has 0 aromatic heterocycles. The van der Waals surface area contributed by atoms with E-state index in [9.17, 15) is 0 Å². The van der Waals surface area contributed by atoms with Crippen LogP contribution in [0, 0.1) is 10.2 Å². The molecule has 6 nitrogen and oxygen atoms in total. The molecule has 0 saturated carbocycles. The molecule has 46 heavy (non-hydrogen) atoms. The van der Waals surface area contributed by atoms with Gasteiger partial charge in [-0.3, -0.25) is 0 Å². The summed E-state index contributed by atoms with van der Waals surface area (Å²) >= 11 is 1.83. The van der Waals surface area contributed by atoms with Crippen molar-refractivity contribution in [3.63, 3.8) is 0 Å². The molecule has 4 aromatic carbocycles. The third-order valence-electron chi connectivity index (χ3n) is 7.58. The highest BCUT2D eigenvalue weighted by atomic mass is 35.7. The van der Waals surface area contributed by atoms with E-state index in [-0.39, 0.29) is 6.04 Å². The molecule has 0 N–H and O–H groups in total. The van der Waals surface area contributed by atoms with E-state index in [1.165, 1.54) is 43.2 Å². The fraction of sp³-hybridized carbons (Fsp3) is 0.0526. The predicted molar refractivity (Wildman–Crippen MR) is 174 cm³/mol. The third-order valence-corrected chi connectivity index (χ3v) is 8.72. The molecule has 228 valence electrons. The molecular weight excluding hydrogens is 616 g/mol. The standard InChI is InChI=1S/C38H29N2S.ClHO4/c1-5-13-29(14-6-1)35-27-36(30-15-7-2-8-16-30)40(39-35)34-23-21-28(22-24-34)33-25-37(31-17-9-3-10-18-31)41-38(26-33)32-19-11-4-12-20-32;2-1(3,4)5/h1-26,36H,27H2;(H,2,3,4,5)/q+1;/p-1. The minimum atomic E-state index is -4.94. The lowest BCUT2D eigenvalue weighted by atomic mass is 9.97. The van der Waals surface area contributed by atoms with Gasteiger partial charge in [-0.25, -0.2) is 18.6 Å². The van der Waals surface area contributed by atoms with Crippen molar-refractivity contribution < 1.29 is 33.6 Å². The summed E-state index contributed by atoms with van der Waals surface area (Å²) in [5.74, 6) is 0. The number of allylic oxidation sites excluding steroid dienone is 8.